The van der Waals surface area contributed by atoms with E-state index in [1.165, 1.54) is 17.7 Å². The third kappa shape index (κ3) is 5.16. The summed E-state index contributed by atoms with van der Waals surface area (Å²) in [6.07, 6.45) is 2.72. The van der Waals surface area contributed by atoms with E-state index >= 15 is 0 Å². The minimum atomic E-state index is -2.97. The van der Waals surface area contributed by atoms with Crippen molar-refractivity contribution in [3.8, 4) is 0 Å². The number of piperidine rings is 1. The Bertz CT molecular complexity index is 687. The van der Waals surface area contributed by atoms with Crippen molar-refractivity contribution < 1.29 is 13.9 Å². The Morgan fingerprint density at radius 2 is 1.86 bits per heavy atom. The van der Waals surface area contributed by atoms with E-state index in [1.54, 1.807) is 4.90 Å². The highest BCUT2D eigenvalue weighted by molar-refractivity contribution is 5.40. The number of halogens is 2. The van der Waals surface area contributed by atoms with Gasteiger partial charge in [-0.3, -0.25) is 9.80 Å². The van der Waals surface area contributed by atoms with E-state index in [0.29, 0.717) is 25.1 Å². The smallest absolute Gasteiger partial charge is 0.285 e. The zero-order valence-electron chi connectivity index (χ0n) is 17.0. The van der Waals surface area contributed by atoms with Gasteiger partial charge < -0.3 is 5.11 Å². The summed E-state index contributed by atoms with van der Waals surface area (Å²) in [7, 11) is 0. The van der Waals surface area contributed by atoms with Gasteiger partial charge in [0.05, 0.1) is 12.6 Å². The normalized spacial score (nSPS) is 25.6. The van der Waals surface area contributed by atoms with Crippen molar-refractivity contribution in [2.24, 2.45) is 0 Å². The lowest BCUT2D eigenvalue weighted by atomic mass is 9.92. The number of benzene rings is 1. The monoisotopic (exact) mass is 390 g/mol. The maximum absolute atomic E-state index is 14.5. The lowest BCUT2D eigenvalue weighted by Crippen LogP contribution is -2.58. The number of rotatable bonds is 5. The fourth-order valence-corrected chi connectivity index (χ4v) is 4.02. The molecule has 1 fully saturated rings. The summed E-state index contributed by atoms with van der Waals surface area (Å²) in [6, 6.07) is 9.81. The maximum atomic E-state index is 14.5. The van der Waals surface area contributed by atoms with E-state index in [-0.39, 0.29) is 18.2 Å². The van der Waals surface area contributed by atoms with Gasteiger partial charge in [-0.25, -0.2) is 0 Å². The van der Waals surface area contributed by atoms with Crippen molar-refractivity contribution in [3.63, 3.8) is 0 Å². The van der Waals surface area contributed by atoms with Crippen LogP contribution in [0.15, 0.2) is 66.8 Å². The Balaban J connectivity index is 0.00000136. The van der Waals surface area contributed by atoms with Crippen molar-refractivity contribution in [1.29, 1.82) is 0 Å². The quantitative estimate of drug-likeness (QED) is 0.814. The summed E-state index contributed by atoms with van der Waals surface area (Å²) in [5, 5.41) is 10.6. The van der Waals surface area contributed by atoms with E-state index in [2.05, 4.69) is 30.2 Å². The second kappa shape index (κ2) is 10.1. The first-order valence-corrected chi connectivity index (χ1v) is 9.99. The molecule has 2 atom stereocenters. The predicted octanol–water partition coefficient (Wildman–Crippen LogP) is 4.27. The zero-order valence-corrected chi connectivity index (χ0v) is 17.0. The Hall–Kier alpha value is -1.82. The minimum absolute atomic E-state index is 0.0419. The van der Waals surface area contributed by atoms with Crippen LogP contribution in [0.25, 0.3) is 0 Å². The number of hydrogen-bond acceptors (Lipinski definition) is 3. The number of β-amino-alcohol motifs (C(OH)–C–C–N with tert-alkyl or cyclic N) is 1. The molecule has 0 amide bonds. The van der Waals surface area contributed by atoms with Gasteiger partial charge in [-0.05, 0) is 17.6 Å². The topological polar surface area (TPSA) is 26.7 Å². The van der Waals surface area contributed by atoms with Crippen LogP contribution in [0.5, 0.6) is 0 Å². The molecule has 1 N–H and O–H groups in total. The van der Waals surface area contributed by atoms with Crippen molar-refractivity contribution in [2.75, 3.05) is 26.2 Å². The van der Waals surface area contributed by atoms with Crippen LogP contribution in [0.2, 0.25) is 0 Å². The van der Waals surface area contributed by atoms with Gasteiger partial charge >= 0.3 is 0 Å². The van der Waals surface area contributed by atoms with Gasteiger partial charge in [0, 0.05) is 37.8 Å². The molecule has 5 heteroatoms. The largest absolute Gasteiger partial charge is 0.390 e. The molecule has 2 aliphatic rings. The van der Waals surface area contributed by atoms with Crippen molar-refractivity contribution in [1.82, 2.24) is 9.80 Å². The molecule has 1 aromatic rings. The number of allylic oxidation sites excluding steroid dienone is 1. The fourth-order valence-electron chi connectivity index (χ4n) is 4.02. The SMILES string of the molecule is C=CC1=C(C=C)C(F)(F)CN(C2CCN(Cc3ccccc3)CC2O)C1.CC. The summed E-state index contributed by atoms with van der Waals surface area (Å²) in [5.41, 5.74) is 1.64. The number of hydrogen-bond donors (Lipinski definition) is 1. The first kappa shape index (κ1) is 22.5. The van der Waals surface area contributed by atoms with Crippen LogP contribution in [-0.4, -0.2) is 59.2 Å². The fraction of sp³-hybridized carbons (Fsp3) is 0.478. The van der Waals surface area contributed by atoms with Crippen LogP contribution in [0.3, 0.4) is 0 Å². The Labute approximate surface area is 167 Å². The van der Waals surface area contributed by atoms with Crippen molar-refractivity contribution >= 4 is 0 Å². The molecular formula is C23H32F2N2O. The van der Waals surface area contributed by atoms with Crippen LogP contribution in [0.1, 0.15) is 25.8 Å². The van der Waals surface area contributed by atoms with Gasteiger partial charge in [0.15, 0.2) is 0 Å². The van der Waals surface area contributed by atoms with Gasteiger partial charge in [-0.1, -0.05) is 69.5 Å². The molecule has 0 radical (unpaired) electrons. The Kier molecular flexibility index (Phi) is 8.10. The lowest BCUT2D eigenvalue weighted by molar-refractivity contribution is -0.0617. The molecule has 0 spiro atoms. The van der Waals surface area contributed by atoms with Crippen LogP contribution >= 0.6 is 0 Å². The van der Waals surface area contributed by atoms with Gasteiger partial charge in [0.25, 0.3) is 5.92 Å². The van der Waals surface area contributed by atoms with E-state index in [1.807, 2.05) is 32.0 Å². The molecule has 3 nitrogen and oxygen atoms in total. The van der Waals surface area contributed by atoms with Gasteiger partial charge in [0.1, 0.15) is 0 Å². The predicted molar refractivity (Wildman–Crippen MR) is 111 cm³/mol. The molecule has 2 unspecified atom stereocenters. The number of likely N-dealkylation sites (tertiary alicyclic amines) is 1. The number of aliphatic hydroxyl groups excluding tert-OH is 1. The van der Waals surface area contributed by atoms with E-state index < -0.39 is 12.0 Å². The third-order valence-electron chi connectivity index (χ3n) is 5.31. The highest BCUT2D eigenvalue weighted by Gasteiger charge is 2.44. The number of aliphatic hydroxyl groups is 1. The first-order valence-electron chi connectivity index (χ1n) is 9.99. The van der Waals surface area contributed by atoms with Crippen LogP contribution in [0.4, 0.5) is 8.78 Å². The molecule has 2 aliphatic heterocycles. The number of nitrogens with zero attached hydrogens (tertiary/aromatic N) is 2. The molecule has 1 aromatic carbocycles. The molecule has 154 valence electrons. The third-order valence-corrected chi connectivity index (χ3v) is 5.31. The summed E-state index contributed by atoms with van der Waals surface area (Å²) in [4.78, 5) is 3.88. The van der Waals surface area contributed by atoms with Crippen molar-refractivity contribution in [3.05, 3.63) is 72.4 Å². The molecule has 1 saturated heterocycles. The summed E-state index contributed by atoms with van der Waals surface area (Å²) in [6.45, 7) is 13.2. The highest BCUT2D eigenvalue weighted by atomic mass is 19.3. The summed E-state index contributed by atoms with van der Waals surface area (Å²) < 4.78 is 29.0. The minimum Gasteiger partial charge on any atom is -0.390 e. The van der Waals surface area contributed by atoms with E-state index in [0.717, 1.165) is 13.1 Å². The Morgan fingerprint density at radius 1 is 1.18 bits per heavy atom. The van der Waals surface area contributed by atoms with Gasteiger partial charge in [0.2, 0.25) is 0 Å². The maximum Gasteiger partial charge on any atom is 0.285 e. The summed E-state index contributed by atoms with van der Waals surface area (Å²) >= 11 is 0. The average Bonchev–Trinajstić information content (AvgIpc) is 2.69. The van der Waals surface area contributed by atoms with Gasteiger partial charge in [-0.2, -0.15) is 8.78 Å². The first-order chi connectivity index (χ1) is 13.4. The lowest BCUT2D eigenvalue weighted by Gasteiger charge is -2.45. The second-order valence-electron chi connectivity index (χ2n) is 7.10. The molecule has 0 bridgehead atoms. The van der Waals surface area contributed by atoms with Crippen LogP contribution < -0.4 is 0 Å². The molecule has 0 aliphatic carbocycles. The number of alkyl halides is 2. The van der Waals surface area contributed by atoms with Crippen molar-refractivity contribution in [2.45, 2.75) is 44.9 Å². The highest BCUT2D eigenvalue weighted by Crippen LogP contribution is 2.36. The molecule has 0 saturated carbocycles. The van der Waals surface area contributed by atoms with E-state index in [4.69, 9.17) is 0 Å². The molecule has 2 heterocycles. The molecule has 0 aromatic heterocycles. The molecule has 28 heavy (non-hydrogen) atoms. The van der Waals surface area contributed by atoms with E-state index in [9.17, 15) is 13.9 Å². The summed E-state index contributed by atoms with van der Waals surface area (Å²) in [5.74, 6) is -2.97. The standard InChI is InChI=1S/C21H26F2N2O.C2H6/c1-3-17-13-25(15-21(22,23)18(17)4-2)19-10-11-24(14-20(19)26)12-16-8-6-5-7-9-16;1-2/h3-9,19-20,26H,1-2,10-15H2;1-2H3. The Morgan fingerprint density at radius 3 is 2.43 bits per heavy atom. The average molecular weight is 391 g/mol. The second-order valence-corrected chi connectivity index (χ2v) is 7.10. The zero-order chi connectivity index (χ0) is 20.7. The molecular weight excluding hydrogens is 358 g/mol. The van der Waals surface area contributed by atoms with Crippen LogP contribution in [-0.2, 0) is 6.54 Å². The molecule has 3 rings (SSSR count). The van der Waals surface area contributed by atoms with Crippen LogP contribution in [0, 0.1) is 0 Å². The van der Waals surface area contributed by atoms with Gasteiger partial charge in [-0.15, -0.1) is 0 Å².